The smallest absolute Gasteiger partial charge is 0.411 e. The van der Waals surface area contributed by atoms with E-state index >= 15 is 4.39 Å². The quantitative estimate of drug-likeness (QED) is 0.691. The fourth-order valence-corrected chi connectivity index (χ4v) is 3.18. The summed E-state index contributed by atoms with van der Waals surface area (Å²) >= 11 is 0. The maximum Gasteiger partial charge on any atom is 0.411 e. The van der Waals surface area contributed by atoms with Crippen LogP contribution in [0.25, 0.3) is 11.1 Å². The van der Waals surface area contributed by atoms with E-state index in [2.05, 4.69) is 20.4 Å². The van der Waals surface area contributed by atoms with Crippen molar-refractivity contribution in [3.8, 4) is 11.1 Å². The minimum atomic E-state index is -0.802. The minimum absolute atomic E-state index is 0.00273. The van der Waals surface area contributed by atoms with Gasteiger partial charge in [-0.05, 0) is 36.6 Å². The number of fused-ring (bicyclic) bond motifs is 4. The Balaban J connectivity index is 2.15. The average molecular weight is 386 g/mol. The SMILES string of the molecule is COC(=O)Nc1ccc2c(c1F)NC(=O)[C@H](C)CCC[C@H](N)c1cc-2ccn1. The monoisotopic (exact) mass is 386 g/mol. The summed E-state index contributed by atoms with van der Waals surface area (Å²) < 4.78 is 19.7. The Hall–Kier alpha value is -3.00. The van der Waals surface area contributed by atoms with Gasteiger partial charge < -0.3 is 15.8 Å². The molecule has 0 fully saturated rings. The molecule has 2 amide bonds. The highest BCUT2D eigenvalue weighted by atomic mass is 19.1. The molecule has 1 aliphatic heterocycles. The zero-order valence-corrected chi connectivity index (χ0v) is 15.8. The van der Waals surface area contributed by atoms with Crippen LogP contribution in [-0.2, 0) is 9.53 Å². The van der Waals surface area contributed by atoms with Gasteiger partial charge in [0.2, 0.25) is 5.91 Å². The summed E-state index contributed by atoms with van der Waals surface area (Å²) in [5.41, 5.74) is 8.01. The number of aromatic nitrogens is 1. The number of rotatable bonds is 1. The number of carbonyl (C=O) groups is 2. The third kappa shape index (κ3) is 4.12. The number of methoxy groups -OCH3 is 1. The highest BCUT2D eigenvalue weighted by Crippen LogP contribution is 2.36. The van der Waals surface area contributed by atoms with Gasteiger partial charge in [-0.15, -0.1) is 0 Å². The molecule has 0 spiro atoms. The molecule has 8 heteroatoms. The largest absolute Gasteiger partial charge is 0.453 e. The third-order valence-electron chi connectivity index (χ3n) is 4.88. The Morgan fingerprint density at radius 2 is 2.14 bits per heavy atom. The second-order valence-corrected chi connectivity index (χ2v) is 6.86. The van der Waals surface area contributed by atoms with Crippen molar-refractivity contribution in [1.82, 2.24) is 4.98 Å². The Morgan fingerprint density at radius 1 is 1.36 bits per heavy atom. The highest BCUT2D eigenvalue weighted by molar-refractivity contribution is 5.98. The van der Waals surface area contributed by atoms with E-state index in [0.29, 0.717) is 29.7 Å². The zero-order valence-electron chi connectivity index (χ0n) is 15.8. The van der Waals surface area contributed by atoms with Gasteiger partial charge in [-0.25, -0.2) is 9.18 Å². The van der Waals surface area contributed by atoms with Gasteiger partial charge in [-0.2, -0.15) is 0 Å². The maximum absolute atomic E-state index is 15.2. The van der Waals surface area contributed by atoms with Gasteiger partial charge >= 0.3 is 6.09 Å². The molecule has 28 heavy (non-hydrogen) atoms. The zero-order chi connectivity index (χ0) is 20.3. The first-order valence-electron chi connectivity index (χ1n) is 9.11. The second kappa shape index (κ2) is 8.35. The number of nitrogens with zero attached hydrogens (tertiary/aromatic N) is 1. The number of anilines is 2. The van der Waals surface area contributed by atoms with Crippen LogP contribution in [0.15, 0.2) is 30.5 Å². The Kier molecular flexibility index (Phi) is 5.89. The fraction of sp³-hybridized carbons (Fsp3) is 0.350. The molecule has 1 aliphatic rings. The summed E-state index contributed by atoms with van der Waals surface area (Å²) in [5, 5.41) is 5.01. The summed E-state index contributed by atoms with van der Waals surface area (Å²) in [7, 11) is 1.19. The first-order valence-corrected chi connectivity index (χ1v) is 9.11. The van der Waals surface area contributed by atoms with Crippen molar-refractivity contribution in [2.45, 2.75) is 32.2 Å². The van der Waals surface area contributed by atoms with Crippen LogP contribution >= 0.6 is 0 Å². The van der Waals surface area contributed by atoms with Crippen molar-refractivity contribution in [2.24, 2.45) is 11.7 Å². The van der Waals surface area contributed by atoms with Gasteiger partial charge in [0, 0.05) is 23.7 Å². The molecule has 2 aromatic rings. The summed E-state index contributed by atoms with van der Waals surface area (Å²) in [6, 6.07) is 6.32. The Bertz CT molecular complexity index is 903. The normalized spacial score (nSPS) is 19.5. The van der Waals surface area contributed by atoms with Crippen molar-refractivity contribution >= 4 is 23.4 Å². The predicted molar refractivity (Wildman–Crippen MR) is 104 cm³/mol. The molecule has 7 nitrogen and oxygen atoms in total. The maximum atomic E-state index is 15.2. The van der Waals surface area contributed by atoms with Crippen LogP contribution in [0.4, 0.5) is 20.6 Å². The molecule has 1 aromatic carbocycles. The summed E-state index contributed by atoms with van der Waals surface area (Å²) in [4.78, 5) is 28.4. The molecular formula is C20H23FN4O3. The van der Waals surface area contributed by atoms with Crippen LogP contribution in [0.2, 0.25) is 0 Å². The van der Waals surface area contributed by atoms with E-state index in [9.17, 15) is 9.59 Å². The van der Waals surface area contributed by atoms with Crippen molar-refractivity contribution in [3.05, 3.63) is 42.0 Å². The molecule has 2 bridgehead atoms. The number of pyridine rings is 1. The molecule has 3 rings (SSSR count). The minimum Gasteiger partial charge on any atom is -0.453 e. The van der Waals surface area contributed by atoms with E-state index in [1.165, 1.54) is 13.2 Å². The molecular weight excluding hydrogens is 363 g/mol. The summed E-state index contributed by atoms with van der Waals surface area (Å²) in [5.74, 6) is -1.36. The van der Waals surface area contributed by atoms with Crippen LogP contribution < -0.4 is 16.4 Å². The van der Waals surface area contributed by atoms with E-state index in [0.717, 1.165) is 6.42 Å². The highest BCUT2D eigenvalue weighted by Gasteiger charge is 2.23. The molecule has 0 radical (unpaired) electrons. The molecule has 1 aromatic heterocycles. The first-order chi connectivity index (χ1) is 13.4. The van der Waals surface area contributed by atoms with Crippen LogP contribution in [0.3, 0.4) is 0 Å². The van der Waals surface area contributed by atoms with E-state index in [-0.39, 0.29) is 29.2 Å². The first kappa shape index (κ1) is 19.8. The second-order valence-electron chi connectivity index (χ2n) is 6.86. The number of hydrogen-bond acceptors (Lipinski definition) is 5. The molecule has 4 N–H and O–H groups in total. The van der Waals surface area contributed by atoms with Crippen LogP contribution in [-0.4, -0.2) is 24.1 Å². The topological polar surface area (TPSA) is 106 Å². The van der Waals surface area contributed by atoms with Crippen molar-refractivity contribution in [2.75, 3.05) is 17.7 Å². The lowest BCUT2D eigenvalue weighted by Gasteiger charge is -2.20. The van der Waals surface area contributed by atoms with Gasteiger partial charge in [0.15, 0.2) is 5.82 Å². The average Bonchev–Trinajstić information content (AvgIpc) is 2.70. The molecule has 0 saturated carbocycles. The molecule has 148 valence electrons. The molecule has 2 heterocycles. The van der Waals surface area contributed by atoms with Crippen LogP contribution in [0, 0.1) is 11.7 Å². The van der Waals surface area contributed by atoms with E-state index in [1.54, 1.807) is 31.3 Å². The van der Waals surface area contributed by atoms with Crippen molar-refractivity contribution in [3.63, 3.8) is 0 Å². The number of carbonyl (C=O) groups excluding carboxylic acids is 2. The molecule has 0 saturated heterocycles. The Morgan fingerprint density at radius 3 is 2.89 bits per heavy atom. The predicted octanol–water partition coefficient (Wildman–Crippen LogP) is 3.82. The number of nitrogens with two attached hydrogens (primary N) is 1. The van der Waals surface area contributed by atoms with Crippen LogP contribution in [0.1, 0.15) is 37.9 Å². The summed E-state index contributed by atoms with van der Waals surface area (Å²) in [6.07, 6.45) is 2.89. The number of benzene rings is 1. The number of amides is 2. The van der Waals surface area contributed by atoms with Gasteiger partial charge in [0.25, 0.3) is 0 Å². The van der Waals surface area contributed by atoms with E-state index < -0.39 is 11.9 Å². The standard InChI is InChI=1S/C20H23FN4O3/c1-11-4-3-5-14(22)16-10-12(8-9-23-16)13-6-7-15(24-20(27)28-2)17(21)18(13)25-19(11)26/h6-11,14H,3-5,22H2,1-2H3,(H,24,27)(H,25,26)/t11-,14+/m1/s1. The lowest BCUT2D eigenvalue weighted by atomic mass is 9.95. The van der Waals surface area contributed by atoms with Crippen LogP contribution in [0.5, 0.6) is 0 Å². The van der Waals surface area contributed by atoms with Gasteiger partial charge in [-0.1, -0.05) is 19.4 Å². The van der Waals surface area contributed by atoms with Crippen molar-refractivity contribution < 1.29 is 18.7 Å². The van der Waals surface area contributed by atoms with E-state index in [1.807, 2.05) is 0 Å². The molecule has 2 atom stereocenters. The molecule has 0 aliphatic carbocycles. The fourth-order valence-electron chi connectivity index (χ4n) is 3.18. The lowest BCUT2D eigenvalue weighted by Crippen LogP contribution is -2.23. The third-order valence-corrected chi connectivity index (χ3v) is 4.88. The molecule has 0 unspecified atom stereocenters. The number of ether oxygens (including phenoxy) is 1. The number of nitrogens with one attached hydrogen (secondary N) is 2. The van der Waals surface area contributed by atoms with Gasteiger partial charge in [-0.3, -0.25) is 15.1 Å². The van der Waals surface area contributed by atoms with Gasteiger partial charge in [0.1, 0.15) is 0 Å². The number of hydrogen-bond donors (Lipinski definition) is 3. The Labute approximate surface area is 162 Å². The lowest BCUT2D eigenvalue weighted by molar-refractivity contribution is -0.119. The number of halogens is 1. The van der Waals surface area contributed by atoms with E-state index in [4.69, 9.17) is 5.73 Å². The summed E-state index contributed by atoms with van der Waals surface area (Å²) in [6.45, 7) is 1.79. The van der Waals surface area contributed by atoms with Crippen molar-refractivity contribution in [1.29, 1.82) is 0 Å². The van der Waals surface area contributed by atoms with Gasteiger partial charge in [0.05, 0.1) is 24.2 Å².